The lowest BCUT2D eigenvalue weighted by molar-refractivity contribution is 0.183. The van der Waals surface area contributed by atoms with Crippen LogP contribution in [0.4, 0.5) is 0 Å². The molecule has 0 spiro atoms. The monoisotopic (exact) mass is 335 g/mol. The van der Waals surface area contributed by atoms with Crippen LogP contribution in [0.5, 0.6) is 5.75 Å². The van der Waals surface area contributed by atoms with E-state index in [9.17, 15) is 0 Å². The van der Waals surface area contributed by atoms with Crippen molar-refractivity contribution in [3.05, 3.63) is 64.1 Å². The van der Waals surface area contributed by atoms with E-state index in [0.29, 0.717) is 13.2 Å². The molecule has 0 aliphatic heterocycles. The van der Waals surface area contributed by atoms with Crippen LogP contribution in [0.1, 0.15) is 17.2 Å². The molecule has 3 nitrogen and oxygen atoms in total. The van der Waals surface area contributed by atoms with Crippen LogP contribution >= 0.6 is 15.9 Å². The molecular weight excluding hydrogens is 318 g/mol. The number of methoxy groups -OCH3 is 1. The van der Waals surface area contributed by atoms with Crippen molar-refractivity contribution in [3.8, 4) is 5.75 Å². The third-order valence-corrected chi connectivity index (χ3v) is 3.68. The van der Waals surface area contributed by atoms with E-state index in [1.54, 1.807) is 7.11 Å². The van der Waals surface area contributed by atoms with Gasteiger partial charge in [0.1, 0.15) is 11.9 Å². The summed E-state index contributed by atoms with van der Waals surface area (Å²) in [6.07, 6.45) is -0.177. The molecule has 1 unspecified atom stereocenters. The van der Waals surface area contributed by atoms with Gasteiger partial charge >= 0.3 is 0 Å². The van der Waals surface area contributed by atoms with Gasteiger partial charge in [0.2, 0.25) is 0 Å². The molecule has 0 amide bonds. The first-order valence-corrected chi connectivity index (χ1v) is 7.23. The van der Waals surface area contributed by atoms with Crippen LogP contribution in [-0.2, 0) is 11.3 Å². The van der Waals surface area contributed by atoms with Gasteiger partial charge in [0, 0.05) is 23.7 Å². The molecule has 0 saturated heterocycles. The Bertz CT molecular complexity index is 560. The Morgan fingerprint density at radius 2 is 1.95 bits per heavy atom. The summed E-state index contributed by atoms with van der Waals surface area (Å²) < 4.78 is 12.1. The van der Waals surface area contributed by atoms with Gasteiger partial charge in [-0.15, -0.1) is 0 Å². The Kier molecular flexibility index (Phi) is 5.59. The maximum absolute atomic E-state index is 6.01. The van der Waals surface area contributed by atoms with Crippen molar-refractivity contribution in [1.82, 2.24) is 0 Å². The van der Waals surface area contributed by atoms with Gasteiger partial charge in [-0.25, -0.2) is 0 Å². The van der Waals surface area contributed by atoms with Crippen LogP contribution in [0.25, 0.3) is 0 Å². The SMILES string of the molecule is COCc1cccc(OC(CN)c2ccccc2Br)c1. The quantitative estimate of drug-likeness (QED) is 0.875. The first-order chi connectivity index (χ1) is 9.74. The van der Waals surface area contributed by atoms with E-state index in [4.69, 9.17) is 15.2 Å². The van der Waals surface area contributed by atoms with Gasteiger partial charge in [0.05, 0.1) is 6.61 Å². The Labute approximate surface area is 127 Å². The second-order valence-electron chi connectivity index (χ2n) is 4.44. The summed E-state index contributed by atoms with van der Waals surface area (Å²) in [6.45, 7) is 0.983. The summed E-state index contributed by atoms with van der Waals surface area (Å²) in [5, 5.41) is 0. The topological polar surface area (TPSA) is 44.5 Å². The van der Waals surface area contributed by atoms with Crippen LogP contribution in [-0.4, -0.2) is 13.7 Å². The zero-order valence-corrected chi connectivity index (χ0v) is 13.0. The van der Waals surface area contributed by atoms with Gasteiger partial charge in [0.15, 0.2) is 0 Å². The van der Waals surface area contributed by atoms with Gasteiger partial charge in [-0.1, -0.05) is 46.3 Å². The normalized spacial score (nSPS) is 12.2. The Morgan fingerprint density at radius 1 is 1.15 bits per heavy atom. The summed E-state index contributed by atoms with van der Waals surface area (Å²) in [7, 11) is 1.68. The van der Waals surface area contributed by atoms with E-state index < -0.39 is 0 Å². The molecule has 0 heterocycles. The molecule has 0 fully saturated rings. The van der Waals surface area contributed by atoms with E-state index in [1.807, 2.05) is 48.5 Å². The molecule has 2 aromatic carbocycles. The summed E-state index contributed by atoms with van der Waals surface area (Å²) in [4.78, 5) is 0. The molecule has 2 aromatic rings. The van der Waals surface area contributed by atoms with E-state index in [-0.39, 0.29) is 6.10 Å². The molecule has 0 bridgehead atoms. The van der Waals surface area contributed by atoms with Crippen molar-refractivity contribution in [2.75, 3.05) is 13.7 Å². The van der Waals surface area contributed by atoms with Crippen molar-refractivity contribution in [1.29, 1.82) is 0 Å². The number of hydrogen-bond acceptors (Lipinski definition) is 3. The fraction of sp³-hybridized carbons (Fsp3) is 0.250. The van der Waals surface area contributed by atoms with Crippen molar-refractivity contribution in [2.45, 2.75) is 12.7 Å². The largest absolute Gasteiger partial charge is 0.484 e. The summed E-state index contributed by atoms with van der Waals surface area (Å²) >= 11 is 3.53. The predicted molar refractivity (Wildman–Crippen MR) is 83.7 cm³/mol. The predicted octanol–water partition coefficient (Wildman–Crippen LogP) is 3.67. The van der Waals surface area contributed by atoms with Crippen molar-refractivity contribution in [3.63, 3.8) is 0 Å². The number of rotatable bonds is 6. The minimum atomic E-state index is -0.177. The molecule has 0 aliphatic rings. The van der Waals surface area contributed by atoms with Crippen LogP contribution < -0.4 is 10.5 Å². The van der Waals surface area contributed by atoms with Crippen LogP contribution in [0.3, 0.4) is 0 Å². The first kappa shape index (κ1) is 15.0. The smallest absolute Gasteiger partial charge is 0.137 e. The fourth-order valence-corrected chi connectivity index (χ4v) is 2.55. The Balaban J connectivity index is 2.18. The lowest BCUT2D eigenvalue weighted by atomic mass is 10.1. The maximum atomic E-state index is 6.01. The summed E-state index contributed by atoms with van der Waals surface area (Å²) in [6, 6.07) is 15.8. The molecule has 0 radical (unpaired) electrons. The molecule has 20 heavy (non-hydrogen) atoms. The number of ether oxygens (including phenoxy) is 2. The van der Waals surface area contributed by atoms with Gasteiger partial charge in [-0.2, -0.15) is 0 Å². The second kappa shape index (κ2) is 7.43. The summed E-state index contributed by atoms with van der Waals surface area (Å²) in [5.74, 6) is 0.797. The number of halogens is 1. The lowest BCUT2D eigenvalue weighted by Gasteiger charge is -2.19. The number of hydrogen-bond donors (Lipinski definition) is 1. The Morgan fingerprint density at radius 3 is 2.65 bits per heavy atom. The lowest BCUT2D eigenvalue weighted by Crippen LogP contribution is -2.19. The maximum Gasteiger partial charge on any atom is 0.137 e. The third kappa shape index (κ3) is 3.82. The molecule has 0 saturated carbocycles. The van der Waals surface area contributed by atoms with Gasteiger partial charge in [-0.3, -0.25) is 0 Å². The van der Waals surface area contributed by atoms with E-state index in [0.717, 1.165) is 21.3 Å². The Hall–Kier alpha value is -1.36. The fourth-order valence-electron chi connectivity index (χ4n) is 2.01. The molecular formula is C16H18BrNO2. The third-order valence-electron chi connectivity index (χ3n) is 2.95. The highest BCUT2D eigenvalue weighted by molar-refractivity contribution is 9.10. The van der Waals surface area contributed by atoms with E-state index in [1.165, 1.54) is 0 Å². The first-order valence-electron chi connectivity index (χ1n) is 6.43. The molecule has 4 heteroatoms. The van der Waals surface area contributed by atoms with Crippen LogP contribution in [0, 0.1) is 0 Å². The molecule has 0 aliphatic carbocycles. The number of nitrogens with two attached hydrogens (primary N) is 1. The molecule has 106 valence electrons. The molecule has 0 aromatic heterocycles. The van der Waals surface area contributed by atoms with E-state index in [2.05, 4.69) is 15.9 Å². The zero-order chi connectivity index (χ0) is 14.4. The second-order valence-corrected chi connectivity index (χ2v) is 5.30. The highest BCUT2D eigenvalue weighted by Crippen LogP contribution is 2.27. The molecule has 2 rings (SSSR count). The van der Waals surface area contributed by atoms with Crippen LogP contribution in [0.2, 0.25) is 0 Å². The summed E-state index contributed by atoms with van der Waals surface area (Å²) in [5.41, 5.74) is 7.97. The molecule has 1 atom stereocenters. The zero-order valence-electron chi connectivity index (χ0n) is 11.4. The van der Waals surface area contributed by atoms with Crippen LogP contribution in [0.15, 0.2) is 53.0 Å². The van der Waals surface area contributed by atoms with Gasteiger partial charge in [-0.05, 0) is 23.8 Å². The average molecular weight is 336 g/mol. The molecule has 2 N–H and O–H groups in total. The van der Waals surface area contributed by atoms with Gasteiger partial charge in [0.25, 0.3) is 0 Å². The minimum absolute atomic E-state index is 0.177. The minimum Gasteiger partial charge on any atom is -0.484 e. The van der Waals surface area contributed by atoms with E-state index >= 15 is 0 Å². The highest BCUT2D eigenvalue weighted by atomic mass is 79.9. The van der Waals surface area contributed by atoms with Gasteiger partial charge < -0.3 is 15.2 Å². The standard InChI is InChI=1S/C16H18BrNO2/c1-19-11-12-5-4-6-13(9-12)20-16(10-18)14-7-2-3-8-15(14)17/h2-9,16H,10-11,18H2,1H3. The highest BCUT2D eigenvalue weighted by Gasteiger charge is 2.14. The van der Waals surface area contributed by atoms with Crippen molar-refractivity contribution >= 4 is 15.9 Å². The number of benzene rings is 2. The van der Waals surface area contributed by atoms with Crippen molar-refractivity contribution in [2.24, 2.45) is 5.73 Å². The average Bonchev–Trinajstić information content (AvgIpc) is 2.46. The van der Waals surface area contributed by atoms with Crippen molar-refractivity contribution < 1.29 is 9.47 Å².